The Morgan fingerprint density at radius 2 is 2.00 bits per heavy atom. The number of hydrogen-bond acceptors (Lipinski definition) is 3. The summed E-state index contributed by atoms with van der Waals surface area (Å²) in [5, 5.41) is 0. The molecule has 2 fully saturated rings. The third-order valence-electron chi connectivity index (χ3n) is 4.01. The molecule has 2 amide bonds. The number of aromatic nitrogens is 2. The van der Waals surface area contributed by atoms with E-state index in [-0.39, 0.29) is 23.7 Å². The predicted octanol–water partition coefficient (Wildman–Crippen LogP) is 1.34. The summed E-state index contributed by atoms with van der Waals surface area (Å²) in [7, 11) is 0. The lowest BCUT2D eigenvalue weighted by atomic mass is 10.00. The van der Waals surface area contributed by atoms with Gasteiger partial charge in [-0.2, -0.15) is 0 Å². The van der Waals surface area contributed by atoms with Gasteiger partial charge in [-0.15, -0.1) is 0 Å². The maximum Gasteiger partial charge on any atom is 0.240 e. The Balaban J connectivity index is 1.89. The first-order valence-corrected chi connectivity index (χ1v) is 6.09. The van der Waals surface area contributed by atoms with Crippen molar-refractivity contribution in [2.24, 2.45) is 17.8 Å². The van der Waals surface area contributed by atoms with Crippen LogP contribution in [-0.2, 0) is 9.59 Å². The number of anilines is 1. The van der Waals surface area contributed by atoms with Crippen LogP contribution in [0.4, 0.5) is 5.95 Å². The van der Waals surface area contributed by atoms with Gasteiger partial charge in [-0.3, -0.25) is 9.59 Å². The van der Waals surface area contributed by atoms with Crippen LogP contribution in [0.5, 0.6) is 0 Å². The molecule has 0 radical (unpaired) electrons. The second-order valence-electron chi connectivity index (χ2n) is 4.88. The fourth-order valence-corrected chi connectivity index (χ4v) is 3.05. The zero-order valence-electron chi connectivity index (χ0n) is 9.72. The highest BCUT2D eigenvalue weighted by molar-refractivity contribution is 6.21. The summed E-state index contributed by atoms with van der Waals surface area (Å²) >= 11 is 0. The van der Waals surface area contributed by atoms with E-state index in [2.05, 4.69) is 16.9 Å². The van der Waals surface area contributed by atoms with Crippen LogP contribution >= 0.6 is 0 Å². The van der Waals surface area contributed by atoms with E-state index in [4.69, 9.17) is 0 Å². The number of carbonyl (C=O) groups is 2. The van der Waals surface area contributed by atoms with E-state index in [0.717, 1.165) is 19.3 Å². The molecular weight excluding hydrogens is 218 g/mol. The van der Waals surface area contributed by atoms with Crippen molar-refractivity contribution < 1.29 is 9.59 Å². The first-order chi connectivity index (χ1) is 8.22. The van der Waals surface area contributed by atoms with Crippen LogP contribution in [0.3, 0.4) is 0 Å². The summed E-state index contributed by atoms with van der Waals surface area (Å²) in [6.07, 6.45) is 5.93. The fourth-order valence-electron chi connectivity index (χ4n) is 3.05. The Morgan fingerprint density at radius 1 is 1.35 bits per heavy atom. The molecule has 1 N–H and O–H groups in total. The molecule has 1 aromatic rings. The van der Waals surface area contributed by atoms with E-state index >= 15 is 0 Å². The van der Waals surface area contributed by atoms with Crippen LogP contribution in [0, 0.1) is 17.8 Å². The number of aromatic amines is 1. The highest BCUT2D eigenvalue weighted by Gasteiger charge is 2.53. The van der Waals surface area contributed by atoms with E-state index in [0.29, 0.717) is 11.9 Å². The third kappa shape index (κ3) is 1.41. The average Bonchev–Trinajstić information content (AvgIpc) is 3.00. The number of imide groups is 1. The van der Waals surface area contributed by atoms with Gasteiger partial charge in [0.2, 0.25) is 17.8 Å². The molecule has 2 atom stereocenters. The molecule has 2 heterocycles. The van der Waals surface area contributed by atoms with Crippen molar-refractivity contribution in [2.75, 3.05) is 4.90 Å². The average molecular weight is 233 g/mol. The molecule has 0 bridgehead atoms. The topological polar surface area (TPSA) is 66.1 Å². The number of nitrogens with one attached hydrogen (secondary N) is 1. The molecule has 0 spiro atoms. The normalized spacial score (nSPS) is 32.3. The van der Waals surface area contributed by atoms with Gasteiger partial charge in [0.25, 0.3) is 0 Å². The van der Waals surface area contributed by atoms with Crippen LogP contribution in [-0.4, -0.2) is 21.8 Å². The number of H-pyrrole nitrogens is 1. The monoisotopic (exact) mass is 233 g/mol. The van der Waals surface area contributed by atoms with Gasteiger partial charge in [0.05, 0.1) is 11.8 Å². The molecule has 1 saturated carbocycles. The number of rotatable bonds is 2. The number of hydrogen-bond donors (Lipinski definition) is 1. The molecule has 5 nitrogen and oxygen atoms in total. The maximum atomic E-state index is 12.2. The summed E-state index contributed by atoms with van der Waals surface area (Å²) < 4.78 is 0. The molecule has 5 heteroatoms. The van der Waals surface area contributed by atoms with Crippen LogP contribution in [0.15, 0.2) is 12.4 Å². The molecule has 2 aliphatic rings. The Morgan fingerprint density at radius 3 is 2.47 bits per heavy atom. The highest BCUT2D eigenvalue weighted by Crippen LogP contribution is 2.44. The van der Waals surface area contributed by atoms with Crippen LogP contribution in [0.25, 0.3) is 0 Å². The lowest BCUT2D eigenvalue weighted by Crippen LogP contribution is -2.33. The Bertz CT molecular complexity index is 430. The second-order valence-corrected chi connectivity index (χ2v) is 4.88. The first-order valence-electron chi connectivity index (χ1n) is 6.09. The molecule has 1 saturated heterocycles. The number of imidazole rings is 1. The molecular formula is C12H15N3O2. The zero-order valence-corrected chi connectivity index (χ0v) is 9.72. The summed E-state index contributed by atoms with van der Waals surface area (Å²) in [6.45, 7) is 2.12. The predicted molar refractivity (Wildman–Crippen MR) is 61.1 cm³/mol. The van der Waals surface area contributed by atoms with Crippen LogP contribution in [0.1, 0.15) is 26.2 Å². The molecule has 3 rings (SSSR count). The minimum Gasteiger partial charge on any atom is -0.330 e. The Labute approximate surface area is 99.2 Å². The zero-order chi connectivity index (χ0) is 12.0. The van der Waals surface area contributed by atoms with Crippen molar-refractivity contribution >= 4 is 17.8 Å². The number of amides is 2. The summed E-state index contributed by atoms with van der Waals surface area (Å²) in [4.78, 5) is 32.4. The molecule has 1 aliphatic heterocycles. The Hall–Kier alpha value is -1.65. The lowest BCUT2D eigenvalue weighted by molar-refractivity contribution is -0.123. The van der Waals surface area contributed by atoms with Crippen molar-refractivity contribution in [3.8, 4) is 0 Å². The van der Waals surface area contributed by atoms with E-state index < -0.39 is 0 Å². The van der Waals surface area contributed by atoms with Crippen LogP contribution in [0.2, 0.25) is 0 Å². The summed E-state index contributed by atoms with van der Waals surface area (Å²) in [6, 6.07) is 0. The van der Waals surface area contributed by atoms with Gasteiger partial charge in [-0.25, -0.2) is 9.88 Å². The molecule has 1 aliphatic carbocycles. The van der Waals surface area contributed by atoms with Crippen molar-refractivity contribution in [3.05, 3.63) is 12.4 Å². The maximum absolute atomic E-state index is 12.2. The molecule has 17 heavy (non-hydrogen) atoms. The Kier molecular flexibility index (Phi) is 2.28. The van der Waals surface area contributed by atoms with E-state index in [1.165, 1.54) is 4.90 Å². The molecule has 0 aromatic carbocycles. The highest BCUT2D eigenvalue weighted by atomic mass is 16.2. The van der Waals surface area contributed by atoms with Crippen molar-refractivity contribution in [2.45, 2.75) is 26.2 Å². The quantitative estimate of drug-likeness (QED) is 0.784. The minimum absolute atomic E-state index is 0.0779. The lowest BCUT2D eigenvalue weighted by Gasteiger charge is -2.14. The summed E-state index contributed by atoms with van der Waals surface area (Å²) in [5.74, 6) is 0.506. The van der Waals surface area contributed by atoms with Gasteiger partial charge >= 0.3 is 0 Å². The van der Waals surface area contributed by atoms with Gasteiger partial charge in [-0.05, 0) is 18.8 Å². The van der Waals surface area contributed by atoms with E-state index in [9.17, 15) is 9.59 Å². The van der Waals surface area contributed by atoms with Gasteiger partial charge in [0, 0.05) is 12.4 Å². The van der Waals surface area contributed by atoms with Gasteiger partial charge in [0.15, 0.2) is 0 Å². The van der Waals surface area contributed by atoms with E-state index in [1.54, 1.807) is 12.4 Å². The largest absolute Gasteiger partial charge is 0.330 e. The fraction of sp³-hybridized carbons (Fsp3) is 0.583. The van der Waals surface area contributed by atoms with Crippen molar-refractivity contribution in [1.29, 1.82) is 0 Å². The van der Waals surface area contributed by atoms with Crippen molar-refractivity contribution in [3.63, 3.8) is 0 Å². The SMILES string of the molecule is CCC1CC2C(=O)N(c3ncc[nH]3)C(=O)C2C1. The minimum atomic E-state index is -0.113. The number of fused-ring (bicyclic) bond motifs is 1. The standard InChI is InChI=1S/C12H15N3O2/c1-2-7-5-8-9(6-7)11(17)15(10(8)16)12-13-3-4-14-12/h3-4,7-9H,2,5-6H2,1H3,(H,13,14). The number of nitrogens with zero attached hydrogens (tertiary/aromatic N) is 2. The second kappa shape index (κ2) is 3.68. The van der Waals surface area contributed by atoms with E-state index in [1.807, 2.05) is 0 Å². The van der Waals surface area contributed by atoms with Gasteiger partial charge in [-0.1, -0.05) is 13.3 Å². The molecule has 1 aromatic heterocycles. The molecule has 90 valence electrons. The van der Waals surface area contributed by atoms with Gasteiger partial charge < -0.3 is 4.98 Å². The smallest absolute Gasteiger partial charge is 0.240 e. The number of carbonyl (C=O) groups excluding carboxylic acids is 2. The van der Waals surface area contributed by atoms with Gasteiger partial charge in [0.1, 0.15) is 0 Å². The van der Waals surface area contributed by atoms with Crippen molar-refractivity contribution in [1.82, 2.24) is 9.97 Å². The first kappa shape index (κ1) is 10.5. The molecule has 2 unspecified atom stereocenters. The van der Waals surface area contributed by atoms with Crippen LogP contribution < -0.4 is 4.90 Å². The summed E-state index contributed by atoms with van der Waals surface area (Å²) in [5.41, 5.74) is 0. The third-order valence-corrected chi connectivity index (χ3v) is 4.01.